The highest BCUT2D eigenvalue weighted by Gasteiger charge is 2.38. The van der Waals surface area contributed by atoms with Gasteiger partial charge in [0.1, 0.15) is 4.75 Å². The van der Waals surface area contributed by atoms with Crippen molar-refractivity contribution in [3.05, 3.63) is 0 Å². The number of carbonyl (C=O) groups excluding carboxylic acids is 1. The highest BCUT2D eigenvalue weighted by molar-refractivity contribution is 8.00. The summed E-state index contributed by atoms with van der Waals surface area (Å²) >= 11 is 1.45. The summed E-state index contributed by atoms with van der Waals surface area (Å²) in [4.78, 5) is 11.3. The third-order valence-corrected chi connectivity index (χ3v) is 6.16. The van der Waals surface area contributed by atoms with Gasteiger partial charge in [-0.2, -0.15) is 5.26 Å². The van der Waals surface area contributed by atoms with Crippen molar-refractivity contribution >= 4 is 27.8 Å². The van der Waals surface area contributed by atoms with Crippen LogP contribution in [0.15, 0.2) is 0 Å². The van der Waals surface area contributed by atoms with Crippen molar-refractivity contribution in [2.24, 2.45) is 0 Å². The Morgan fingerprint density at radius 3 is 2.47 bits per heavy atom. The first-order valence-electron chi connectivity index (χ1n) is 5.99. The van der Waals surface area contributed by atoms with E-state index in [9.17, 15) is 13.2 Å². The first kappa shape index (κ1) is 16.3. The van der Waals surface area contributed by atoms with E-state index in [1.165, 1.54) is 16.1 Å². The quantitative estimate of drug-likeness (QED) is 0.691. The number of nitrogens with zero attached hydrogens (tertiary/aromatic N) is 2. The number of nitriles is 1. The van der Waals surface area contributed by atoms with Crippen LogP contribution in [0.25, 0.3) is 0 Å². The van der Waals surface area contributed by atoms with E-state index < -0.39 is 26.5 Å². The maximum absolute atomic E-state index is 12.0. The molecule has 1 aliphatic heterocycles. The first-order chi connectivity index (χ1) is 8.89. The normalized spacial score (nSPS) is 19.6. The average Bonchev–Trinajstić information content (AvgIpc) is 2.38. The Bertz CT molecular complexity index is 462. The molecule has 0 radical (unpaired) electrons. The average molecular weight is 306 g/mol. The lowest BCUT2D eigenvalue weighted by atomic mass is 9.99. The smallest absolute Gasteiger partial charge is 0.322 e. The number of rotatable bonds is 5. The summed E-state index contributed by atoms with van der Waals surface area (Å²) in [5.41, 5.74) is 0. The monoisotopic (exact) mass is 306 g/mol. The van der Waals surface area contributed by atoms with Gasteiger partial charge in [-0.25, -0.2) is 12.7 Å². The summed E-state index contributed by atoms with van der Waals surface area (Å²) in [5, 5.41) is 9.13. The summed E-state index contributed by atoms with van der Waals surface area (Å²) in [5.74, 6) is -1.36. The predicted molar refractivity (Wildman–Crippen MR) is 73.1 cm³/mol. The van der Waals surface area contributed by atoms with Crippen LogP contribution in [0.1, 0.15) is 19.8 Å². The van der Waals surface area contributed by atoms with Gasteiger partial charge in [0.15, 0.2) is 5.75 Å². The van der Waals surface area contributed by atoms with Gasteiger partial charge in [0.05, 0.1) is 12.7 Å². The van der Waals surface area contributed by atoms with Gasteiger partial charge in [0.2, 0.25) is 10.0 Å². The second-order valence-electron chi connectivity index (χ2n) is 4.27. The molecule has 108 valence electrons. The Balaban J connectivity index is 2.64. The highest BCUT2D eigenvalue weighted by Crippen LogP contribution is 2.34. The zero-order valence-corrected chi connectivity index (χ0v) is 12.7. The Labute approximate surface area is 118 Å². The van der Waals surface area contributed by atoms with Crippen molar-refractivity contribution in [3.63, 3.8) is 0 Å². The van der Waals surface area contributed by atoms with E-state index in [-0.39, 0.29) is 19.7 Å². The van der Waals surface area contributed by atoms with Gasteiger partial charge in [0.25, 0.3) is 0 Å². The summed E-state index contributed by atoms with van der Waals surface area (Å²) < 4.78 is 29.4. The molecule has 0 aromatic carbocycles. The molecule has 0 amide bonds. The molecule has 1 rings (SSSR count). The Morgan fingerprint density at radius 2 is 2.05 bits per heavy atom. The summed E-state index contributed by atoms with van der Waals surface area (Å²) in [7, 11) is -3.63. The molecule has 0 spiro atoms. The van der Waals surface area contributed by atoms with Crippen LogP contribution >= 0.6 is 11.8 Å². The molecule has 0 saturated carbocycles. The highest BCUT2D eigenvalue weighted by atomic mass is 32.2. The zero-order chi connectivity index (χ0) is 14.5. The van der Waals surface area contributed by atoms with Crippen LogP contribution in [0, 0.1) is 11.3 Å². The second-order valence-corrected chi connectivity index (χ2v) is 7.43. The molecule has 8 heteroatoms. The molecule has 19 heavy (non-hydrogen) atoms. The zero-order valence-electron chi connectivity index (χ0n) is 11.1. The molecule has 0 N–H and O–H groups in total. The molecule has 6 nitrogen and oxygen atoms in total. The molecule has 0 bridgehead atoms. The molecular formula is C11H18N2O4S2. The summed E-state index contributed by atoms with van der Waals surface area (Å²) in [6.45, 7) is 2.34. The lowest BCUT2D eigenvalue weighted by molar-refractivity contribution is -0.140. The van der Waals surface area contributed by atoms with Gasteiger partial charge in [-0.05, 0) is 26.0 Å². The molecule has 0 aromatic rings. The van der Waals surface area contributed by atoms with Crippen LogP contribution in [0.5, 0.6) is 0 Å². The maximum atomic E-state index is 12.0. The van der Waals surface area contributed by atoms with Crippen LogP contribution in [-0.4, -0.2) is 55.1 Å². The fraction of sp³-hybridized carbons (Fsp3) is 0.818. The molecular weight excluding hydrogens is 288 g/mol. The Morgan fingerprint density at radius 1 is 1.47 bits per heavy atom. The Hall–Kier alpha value is -0.780. The standard InChI is InChI=1S/C11H18N2O4S2/c1-3-17-10(14)8-19(15,16)13-6-4-11(9-12,18-2)5-7-13/h3-8H2,1-2H3. The number of sulfonamides is 1. The van der Waals surface area contributed by atoms with Crippen LogP contribution in [0.4, 0.5) is 0 Å². The van der Waals surface area contributed by atoms with E-state index in [2.05, 4.69) is 10.8 Å². The van der Waals surface area contributed by atoms with Crippen LogP contribution in [0.2, 0.25) is 0 Å². The molecule has 1 heterocycles. The molecule has 0 unspecified atom stereocenters. The van der Waals surface area contributed by atoms with Gasteiger partial charge in [-0.3, -0.25) is 4.79 Å². The van der Waals surface area contributed by atoms with Crippen LogP contribution in [-0.2, 0) is 19.6 Å². The Kier molecular flexibility index (Phi) is 5.64. The van der Waals surface area contributed by atoms with Crippen LogP contribution in [0.3, 0.4) is 0 Å². The van der Waals surface area contributed by atoms with Gasteiger partial charge in [-0.15, -0.1) is 11.8 Å². The van der Waals surface area contributed by atoms with Crippen molar-refractivity contribution in [2.45, 2.75) is 24.5 Å². The largest absolute Gasteiger partial charge is 0.465 e. The molecule has 0 atom stereocenters. The third-order valence-electron chi connectivity index (χ3n) is 3.12. The van der Waals surface area contributed by atoms with Crippen molar-refractivity contribution in [1.29, 1.82) is 5.26 Å². The van der Waals surface area contributed by atoms with Gasteiger partial charge in [0, 0.05) is 13.1 Å². The van der Waals surface area contributed by atoms with Crippen molar-refractivity contribution in [2.75, 3.05) is 31.7 Å². The van der Waals surface area contributed by atoms with Crippen molar-refractivity contribution in [1.82, 2.24) is 4.31 Å². The number of ether oxygens (including phenoxy) is 1. The van der Waals surface area contributed by atoms with E-state index in [0.29, 0.717) is 12.8 Å². The fourth-order valence-corrected chi connectivity index (χ4v) is 3.91. The van der Waals surface area contributed by atoms with E-state index in [4.69, 9.17) is 5.26 Å². The topological polar surface area (TPSA) is 87.5 Å². The van der Waals surface area contributed by atoms with Gasteiger partial charge < -0.3 is 4.74 Å². The number of carbonyl (C=O) groups is 1. The predicted octanol–water partition coefficient (Wildman–Crippen LogP) is 0.600. The van der Waals surface area contributed by atoms with Crippen molar-refractivity contribution in [3.8, 4) is 6.07 Å². The SMILES string of the molecule is CCOC(=O)CS(=O)(=O)N1CCC(C#N)(SC)CC1. The fourth-order valence-electron chi connectivity index (χ4n) is 1.93. The summed E-state index contributed by atoms with van der Waals surface area (Å²) in [6.07, 6.45) is 2.81. The summed E-state index contributed by atoms with van der Waals surface area (Å²) in [6, 6.07) is 2.25. The van der Waals surface area contributed by atoms with Crippen molar-refractivity contribution < 1.29 is 17.9 Å². The van der Waals surface area contributed by atoms with Gasteiger partial charge in [-0.1, -0.05) is 0 Å². The first-order valence-corrected chi connectivity index (χ1v) is 8.82. The lowest BCUT2D eigenvalue weighted by Crippen LogP contribution is -2.46. The number of hydrogen-bond acceptors (Lipinski definition) is 6. The number of hydrogen-bond donors (Lipinski definition) is 0. The van der Waals surface area contributed by atoms with Gasteiger partial charge >= 0.3 is 5.97 Å². The minimum absolute atomic E-state index is 0.165. The maximum Gasteiger partial charge on any atom is 0.322 e. The van der Waals surface area contributed by atoms with E-state index >= 15 is 0 Å². The van der Waals surface area contributed by atoms with E-state index in [0.717, 1.165) is 0 Å². The molecule has 0 aliphatic carbocycles. The second kappa shape index (κ2) is 6.59. The van der Waals surface area contributed by atoms with Crippen LogP contribution < -0.4 is 0 Å². The minimum atomic E-state index is -3.63. The lowest BCUT2D eigenvalue weighted by Gasteiger charge is -2.35. The number of piperidine rings is 1. The van der Waals surface area contributed by atoms with E-state index in [1.807, 2.05) is 6.26 Å². The third kappa shape index (κ3) is 4.09. The molecule has 1 fully saturated rings. The van der Waals surface area contributed by atoms with E-state index in [1.54, 1.807) is 6.92 Å². The number of thioether (sulfide) groups is 1. The molecule has 1 aliphatic rings. The molecule has 1 saturated heterocycles. The number of esters is 1. The minimum Gasteiger partial charge on any atom is -0.465 e. The molecule has 0 aromatic heterocycles.